The first-order valence-corrected chi connectivity index (χ1v) is 6.88. The summed E-state index contributed by atoms with van der Waals surface area (Å²) in [7, 11) is -3.53. The smallest absolute Gasteiger partial charge is 0.334 e. The number of hydrogen-bond donors (Lipinski definition) is 1. The second-order valence-electron chi connectivity index (χ2n) is 2.91. The largest absolute Gasteiger partial charge is 0.399 e. The second kappa shape index (κ2) is 5.39. The van der Waals surface area contributed by atoms with E-state index in [4.69, 9.17) is 5.73 Å². The van der Waals surface area contributed by atoms with Gasteiger partial charge in [-0.15, -0.1) is 0 Å². The van der Waals surface area contributed by atoms with E-state index in [1.165, 1.54) is 24.3 Å². The quantitative estimate of drug-likeness (QED) is 0.757. The fraction of sp³-hybridized carbons (Fsp3) is 0.250. The summed E-state index contributed by atoms with van der Waals surface area (Å²) in [5.41, 5.74) is 5.86. The standard InChI is InChI=1S/C8H10NO5S2/c9-7-1-3-8(4-2-7)16(12,13)6-5-14-15(10)11/h1-4H,5-6,9H2. The summed E-state index contributed by atoms with van der Waals surface area (Å²) in [4.78, 5) is 0.0852. The molecule has 0 spiro atoms. The van der Waals surface area contributed by atoms with Crippen LogP contribution in [-0.2, 0) is 29.9 Å². The predicted octanol–water partition coefficient (Wildman–Crippen LogP) is 0.0683. The first-order valence-electron chi connectivity index (χ1n) is 4.22. The molecule has 0 fully saturated rings. The molecular weight excluding hydrogens is 254 g/mol. The van der Waals surface area contributed by atoms with Crippen LogP contribution in [0.3, 0.4) is 0 Å². The topological polar surface area (TPSA) is 106 Å². The summed E-state index contributed by atoms with van der Waals surface area (Å²) in [6.45, 7) is -0.400. The van der Waals surface area contributed by atoms with Gasteiger partial charge in [-0.1, -0.05) is 4.55 Å². The van der Waals surface area contributed by atoms with Crippen LogP contribution in [0.2, 0.25) is 0 Å². The Morgan fingerprint density at radius 3 is 2.31 bits per heavy atom. The molecule has 1 atom stereocenters. The molecule has 89 valence electrons. The highest BCUT2D eigenvalue weighted by molar-refractivity contribution is 7.91. The van der Waals surface area contributed by atoms with E-state index in [1.807, 2.05) is 0 Å². The molecule has 1 radical (unpaired) electrons. The summed E-state index contributed by atoms with van der Waals surface area (Å²) < 4.78 is 47.4. The van der Waals surface area contributed by atoms with Crippen LogP contribution < -0.4 is 5.73 Å². The van der Waals surface area contributed by atoms with Gasteiger partial charge in [-0.25, -0.2) is 8.42 Å². The number of benzene rings is 1. The van der Waals surface area contributed by atoms with Gasteiger partial charge in [0.05, 0.1) is 17.3 Å². The van der Waals surface area contributed by atoms with E-state index >= 15 is 0 Å². The van der Waals surface area contributed by atoms with Crippen molar-refractivity contribution < 1.29 is 21.4 Å². The third-order valence-corrected chi connectivity index (χ3v) is 3.82. The average molecular weight is 264 g/mol. The molecule has 1 aromatic carbocycles. The molecular formula is C8H10NO5S2. The average Bonchev–Trinajstić information content (AvgIpc) is 2.17. The van der Waals surface area contributed by atoms with Gasteiger partial charge >= 0.3 is 11.4 Å². The van der Waals surface area contributed by atoms with Crippen LogP contribution in [-0.4, -0.2) is 25.0 Å². The van der Waals surface area contributed by atoms with E-state index in [0.717, 1.165) is 0 Å². The lowest BCUT2D eigenvalue weighted by Gasteiger charge is -2.03. The zero-order valence-electron chi connectivity index (χ0n) is 8.16. The van der Waals surface area contributed by atoms with Gasteiger partial charge in [-0.3, -0.25) is 4.18 Å². The van der Waals surface area contributed by atoms with Gasteiger partial charge in [0.2, 0.25) is 0 Å². The van der Waals surface area contributed by atoms with Gasteiger partial charge < -0.3 is 5.73 Å². The monoisotopic (exact) mass is 264 g/mol. The highest BCUT2D eigenvalue weighted by Crippen LogP contribution is 2.13. The van der Waals surface area contributed by atoms with Crippen LogP contribution in [0.25, 0.3) is 0 Å². The number of anilines is 1. The minimum atomic E-state index is -3.53. The minimum absolute atomic E-state index is 0.0852. The Hall–Kier alpha value is -0.960. The molecule has 0 heterocycles. The van der Waals surface area contributed by atoms with Crippen LogP contribution in [0.5, 0.6) is 0 Å². The molecule has 1 aromatic rings. The number of nitrogen functional groups attached to an aromatic ring is 1. The maximum Gasteiger partial charge on any atom is 0.334 e. The molecule has 0 aliphatic carbocycles. The molecule has 0 bridgehead atoms. The van der Waals surface area contributed by atoms with Gasteiger partial charge in [-0.05, 0) is 24.3 Å². The van der Waals surface area contributed by atoms with Crippen molar-refractivity contribution in [1.29, 1.82) is 0 Å². The van der Waals surface area contributed by atoms with Crippen molar-refractivity contribution in [1.82, 2.24) is 0 Å². The molecule has 0 amide bonds. The van der Waals surface area contributed by atoms with Gasteiger partial charge in [0.15, 0.2) is 9.84 Å². The number of sulfone groups is 1. The summed E-state index contributed by atoms with van der Waals surface area (Å²) in [5, 5.41) is 0. The summed E-state index contributed by atoms with van der Waals surface area (Å²) in [5.74, 6) is -0.398. The normalized spacial score (nSPS) is 13.6. The highest BCUT2D eigenvalue weighted by Gasteiger charge is 2.14. The fourth-order valence-corrected chi connectivity index (χ4v) is 2.42. The van der Waals surface area contributed by atoms with E-state index in [-0.39, 0.29) is 4.90 Å². The number of rotatable bonds is 5. The zero-order valence-corrected chi connectivity index (χ0v) is 9.79. The van der Waals surface area contributed by atoms with Crippen molar-refractivity contribution in [3.05, 3.63) is 24.3 Å². The molecule has 16 heavy (non-hydrogen) atoms. The Kier molecular flexibility index (Phi) is 4.42. The van der Waals surface area contributed by atoms with Crippen molar-refractivity contribution in [2.45, 2.75) is 4.90 Å². The Morgan fingerprint density at radius 2 is 1.81 bits per heavy atom. The van der Waals surface area contributed by atoms with Crippen molar-refractivity contribution in [3.8, 4) is 0 Å². The van der Waals surface area contributed by atoms with Crippen molar-refractivity contribution in [3.63, 3.8) is 0 Å². The van der Waals surface area contributed by atoms with Crippen LogP contribution >= 0.6 is 0 Å². The lowest BCUT2D eigenvalue weighted by molar-refractivity contribution is 0.299. The van der Waals surface area contributed by atoms with Gasteiger partial charge in [-0.2, -0.15) is 4.21 Å². The van der Waals surface area contributed by atoms with Crippen LogP contribution in [0, 0.1) is 0 Å². The van der Waals surface area contributed by atoms with Gasteiger partial charge in [0.1, 0.15) is 0 Å². The molecule has 0 aromatic heterocycles. The van der Waals surface area contributed by atoms with Crippen molar-refractivity contribution in [2.24, 2.45) is 0 Å². The molecule has 0 aliphatic rings. The molecule has 2 N–H and O–H groups in total. The Balaban J connectivity index is 2.71. The molecule has 0 saturated carbocycles. The Bertz CT molecular complexity index is 468. The lowest BCUT2D eigenvalue weighted by Crippen LogP contribution is -2.13. The number of hydrogen-bond acceptors (Lipinski definition) is 5. The third-order valence-electron chi connectivity index (χ3n) is 1.77. The van der Waals surface area contributed by atoms with E-state index in [2.05, 4.69) is 4.18 Å². The zero-order chi connectivity index (χ0) is 12.2. The molecule has 0 aliphatic heterocycles. The summed E-state index contributed by atoms with van der Waals surface area (Å²) >= 11 is -2.69. The van der Waals surface area contributed by atoms with E-state index in [0.29, 0.717) is 5.69 Å². The van der Waals surface area contributed by atoms with Gasteiger partial charge in [0, 0.05) is 5.69 Å². The van der Waals surface area contributed by atoms with Crippen LogP contribution in [0.4, 0.5) is 5.69 Å². The minimum Gasteiger partial charge on any atom is -0.399 e. The molecule has 8 heteroatoms. The fourth-order valence-electron chi connectivity index (χ4n) is 1.00. The predicted molar refractivity (Wildman–Crippen MR) is 57.7 cm³/mol. The van der Waals surface area contributed by atoms with Crippen molar-refractivity contribution >= 4 is 26.9 Å². The SMILES string of the molecule is Nc1ccc(S(=O)(=O)CCOS([O])=O)cc1. The maximum absolute atomic E-state index is 11.6. The molecule has 1 unspecified atom stereocenters. The molecule has 6 nitrogen and oxygen atoms in total. The van der Waals surface area contributed by atoms with E-state index in [1.54, 1.807) is 0 Å². The highest BCUT2D eigenvalue weighted by atomic mass is 32.2. The van der Waals surface area contributed by atoms with E-state index < -0.39 is 33.6 Å². The first-order chi connectivity index (χ1) is 7.42. The van der Waals surface area contributed by atoms with E-state index in [9.17, 15) is 17.2 Å². The first kappa shape index (κ1) is 13.1. The second-order valence-corrected chi connectivity index (χ2v) is 5.67. The van der Waals surface area contributed by atoms with Crippen molar-refractivity contribution in [2.75, 3.05) is 18.1 Å². The maximum atomic E-state index is 11.6. The van der Waals surface area contributed by atoms with Gasteiger partial charge in [0.25, 0.3) is 0 Å². The van der Waals surface area contributed by atoms with Crippen LogP contribution in [0.15, 0.2) is 29.2 Å². The Labute approximate surface area is 95.8 Å². The Morgan fingerprint density at radius 1 is 1.25 bits per heavy atom. The third kappa shape index (κ3) is 3.89. The molecule has 1 rings (SSSR count). The van der Waals surface area contributed by atoms with Crippen LogP contribution in [0.1, 0.15) is 0 Å². The lowest BCUT2D eigenvalue weighted by atomic mass is 10.3. The summed E-state index contributed by atoms with van der Waals surface area (Å²) in [6.07, 6.45) is 0. The number of nitrogens with two attached hydrogens (primary N) is 1. The molecule has 0 saturated heterocycles. The summed E-state index contributed by atoms with van der Waals surface area (Å²) in [6, 6.07) is 5.64.